The summed E-state index contributed by atoms with van der Waals surface area (Å²) in [5.74, 6) is 0.696. The van der Waals surface area contributed by atoms with Crippen LogP contribution in [0.4, 0.5) is 0 Å². The summed E-state index contributed by atoms with van der Waals surface area (Å²) in [6.07, 6.45) is 0. The quantitative estimate of drug-likeness (QED) is 0.406. The lowest BCUT2D eigenvalue weighted by Crippen LogP contribution is -2.03. The Morgan fingerprint density at radius 2 is 1.17 bits per heavy atom. The molecule has 0 spiro atoms. The van der Waals surface area contributed by atoms with Gasteiger partial charge in [-0.15, -0.1) is 0 Å². The van der Waals surface area contributed by atoms with Crippen molar-refractivity contribution in [3.05, 3.63) is 109 Å². The van der Waals surface area contributed by atoms with E-state index in [1.54, 1.807) is 0 Å². The standard InChI is InChI=1S/C27H21N3/c28-18-24-22-14-8-7-9-19(22)15-16-23(24)27-29-25(20-10-3-1-4-11-20)17-26(30-27)21-12-5-2-6-13-21/h1-17H,18,28H2. The number of hydrogen-bond acceptors (Lipinski definition) is 3. The lowest BCUT2D eigenvalue weighted by Gasteiger charge is -2.13. The second kappa shape index (κ2) is 7.90. The molecule has 30 heavy (non-hydrogen) atoms. The molecular formula is C27H21N3. The summed E-state index contributed by atoms with van der Waals surface area (Å²) in [4.78, 5) is 9.90. The van der Waals surface area contributed by atoms with E-state index in [-0.39, 0.29) is 0 Å². The van der Waals surface area contributed by atoms with Gasteiger partial charge in [0.25, 0.3) is 0 Å². The van der Waals surface area contributed by atoms with E-state index in [9.17, 15) is 0 Å². The molecule has 1 aromatic heterocycles. The third kappa shape index (κ3) is 3.36. The topological polar surface area (TPSA) is 51.8 Å². The van der Waals surface area contributed by atoms with Gasteiger partial charge in [-0.1, -0.05) is 97.1 Å². The molecule has 5 aromatic rings. The van der Waals surface area contributed by atoms with Crippen LogP contribution in [0.2, 0.25) is 0 Å². The summed E-state index contributed by atoms with van der Waals surface area (Å²) in [5, 5.41) is 2.32. The normalized spacial score (nSPS) is 11.0. The molecule has 0 fully saturated rings. The van der Waals surface area contributed by atoms with Crippen molar-refractivity contribution in [2.75, 3.05) is 0 Å². The van der Waals surface area contributed by atoms with Gasteiger partial charge < -0.3 is 5.73 Å². The fraction of sp³-hybridized carbons (Fsp3) is 0.0370. The van der Waals surface area contributed by atoms with Crippen molar-refractivity contribution in [1.29, 1.82) is 0 Å². The third-order valence-corrected chi connectivity index (χ3v) is 5.35. The highest BCUT2D eigenvalue weighted by molar-refractivity contribution is 5.91. The van der Waals surface area contributed by atoms with Crippen LogP contribution in [-0.2, 0) is 6.54 Å². The molecule has 3 nitrogen and oxygen atoms in total. The van der Waals surface area contributed by atoms with Crippen molar-refractivity contribution in [2.24, 2.45) is 5.73 Å². The maximum atomic E-state index is 6.20. The van der Waals surface area contributed by atoms with Crippen molar-refractivity contribution in [3.8, 4) is 33.9 Å². The lowest BCUT2D eigenvalue weighted by molar-refractivity contribution is 1.07. The Morgan fingerprint density at radius 3 is 1.77 bits per heavy atom. The summed E-state index contributed by atoms with van der Waals surface area (Å²) in [6, 6.07) is 35.0. The Hall–Kier alpha value is -3.82. The Kier molecular flexibility index (Phi) is 4.80. The average molecular weight is 387 g/mol. The van der Waals surface area contributed by atoms with Gasteiger partial charge in [-0.3, -0.25) is 0 Å². The molecule has 0 unspecified atom stereocenters. The van der Waals surface area contributed by atoms with Crippen molar-refractivity contribution >= 4 is 10.8 Å². The fourth-order valence-electron chi connectivity index (χ4n) is 3.85. The Labute approximate surface area is 175 Å². The molecule has 0 saturated heterocycles. The van der Waals surface area contributed by atoms with Gasteiger partial charge in [0.2, 0.25) is 0 Å². The fourth-order valence-corrected chi connectivity index (χ4v) is 3.85. The van der Waals surface area contributed by atoms with Gasteiger partial charge in [0, 0.05) is 23.2 Å². The molecule has 0 atom stereocenters. The van der Waals surface area contributed by atoms with E-state index >= 15 is 0 Å². The van der Waals surface area contributed by atoms with Crippen molar-refractivity contribution in [1.82, 2.24) is 9.97 Å². The maximum absolute atomic E-state index is 6.20. The van der Waals surface area contributed by atoms with Gasteiger partial charge in [-0.05, 0) is 22.4 Å². The first-order valence-electron chi connectivity index (χ1n) is 10.0. The Bertz CT molecular complexity index is 1250. The monoisotopic (exact) mass is 387 g/mol. The first-order chi connectivity index (χ1) is 14.8. The number of rotatable bonds is 4. The highest BCUT2D eigenvalue weighted by atomic mass is 14.9. The molecule has 144 valence electrons. The number of aromatic nitrogens is 2. The summed E-state index contributed by atoms with van der Waals surface area (Å²) in [6.45, 7) is 0.427. The zero-order valence-corrected chi connectivity index (χ0v) is 16.5. The lowest BCUT2D eigenvalue weighted by atomic mass is 9.98. The largest absolute Gasteiger partial charge is 0.326 e. The van der Waals surface area contributed by atoms with E-state index in [1.807, 2.05) is 48.5 Å². The van der Waals surface area contributed by atoms with Gasteiger partial charge in [0.05, 0.1) is 11.4 Å². The van der Waals surface area contributed by atoms with E-state index < -0.39 is 0 Å². The first-order valence-corrected chi connectivity index (χ1v) is 10.0. The van der Waals surface area contributed by atoms with Crippen LogP contribution in [0.1, 0.15) is 5.56 Å². The molecule has 0 aliphatic carbocycles. The molecule has 0 aliphatic rings. The van der Waals surface area contributed by atoms with Crippen LogP contribution in [0, 0.1) is 0 Å². The van der Waals surface area contributed by atoms with Gasteiger partial charge in [0.15, 0.2) is 5.82 Å². The van der Waals surface area contributed by atoms with Crippen LogP contribution >= 0.6 is 0 Å². The third-order valence-electron chi connectivity index (χ3n) is 5.35. The van der Waals surface area contributed by atoms with E-state index in [0.29, 0.717) is 12.4 Å². The zero-order valence-electron chi connectivity index (χ0n) is 16.5. The predicted molar refractivity (Wildman–Crippen MR) is 124 cm³/mol. The molecule has 0 aliphatic heterocycles. The van der Waals surface area contributed by atoms with Crippen LogP contribution in [0.15, 0.2) is 103 Å². The average Bonchev–Trinajstić information content (AvgIpc) is 2.84. The Morgan fingerprint density at radius 1 is 0.600 bits per heavy atom. The highest BCUT2D eigenvalue weighted by Crippen LogP contribution is 2.32. The molecule has 0 radical (unpaired) electrons. The van der Waals surface area contributed by atoms with E-state index in [0.717, 1.165) is 39.0 Å². The van der Waals surface area contributed by atoms with Crippen LogP contribution in [0.25, 0.3) is 44.7 Å². The zero-order chi connectivity index (χ0) is 20.3. The van der Waals surface area contributed by atoms with Crippen LogP contribution in [0.5, 0.6) is 0 Å². The summed E-state index contributed by atoms with van der Waals surface area (Å²) in [7, 11) is 0. The SMILES string of the molecule is NCc1c(-c2nc(-c3ccccc3)cc(-c3ccccc3)n2)ccc2ccccc12. The molecule has 0 saturated carbocycles. The van der Waals surface area contributed by atoms with Gasteiger partial charge in [-0.25, -0.2) is 9.97 Å². The number of nitrogens with two attached hydrogens (primary N) is 1. The molecule has 4 aromatic carbocycles. The molecular weight excluding hydrogens is 366 g/mol. The molecule has 0 amide bonds. The van der Waals surface area contributed by atoms with Crippen LogP contribution in [0.3, 0.4) is 0 Å². The summed E-state index contributed by atoms with van der Waals surface area (Å²) >= 11 is 0. The van der Waals surface area contributed by atoms with Gasteiger partial charge >= 0.3 is 0 Å². The molecule has 3 heteroatoms. The van der Waals surface area contributed by atoms with Gasteiger partial charge in [-0.2, -0.15) is 0 Å². The van der Waals surface area contributed by atoms with Crippen LogP contribution < -0.4 is 5.73 Å². The molecule has 0 bridgehead atoms. The van der Waals surface area contributed by atoms with Crippen molar-refractivity contribution in [3.63, 3.8) is 0 Å². The second-order valence-corrected chi connectivity index (χ2v) is 7.21. The number of benzene rings is 4. The van der Waals surface area contributed by atoms with E-state index in [1.165, 1.54) is 5.39 Å². The van der Waals surface area contributed by atoms with Crippen LogP contribution in [-0.4, -0.2) is 9.97 Å². The van der Waals surface area contributed by atoms with Crippen molar-refractivity contribution in [2.45, 2.75) is 6.54 Å². The molecule has 2 N–H and O–H groups in total. The summed E-state index contributed by atoms with van der Waals surface area (Å²) in [5.41, 5.74) is 12.2. The minimum atomic E-state index is 0.427. The minimum absolute atomic E-state index is 0.427. The first kappa shape index (κ1) is 18.2. The molecule has 5 rings (SSSR count). The maximum Gasteiger partial charge on any atom is 0.160 e. The predicted octanol–water partition coefficient (Wildman–Crippen LogP) is 6.09. The highest BCUT2D eigenvalue weighted by Gasteiger charge is 2.14. The minimum Gasteiger partial charge on any atom is -0.326 e. The van der Waals surface area contributed by atoms with E-state index in [4.69, 9.17) is 15.7 Å². The molecule has 1 heterocycles. The van der Waals surface area contributed by atoms with Gasteiger partial charge in [0.1, 0.15) is 0 Å². The number of nitrogens with zero attached hydrogens (tertiary/aromatic N) is 2. The number of fused-ring (bicyclic) bond motifs is 1. The smallest absolute Gasteiger partial charge is 0.160 e. The Balaban J connectivity index is 1.77. The van der Waals surface area contributed by atoms with E-state index in [2.05, 4.69) is 54.6 Å². The number of hydrogen-bond donors (Lipinski definition) is 1. The second-order valence-electron chi connectivity index (χ2n) is 7.21. The summed E-state index contributed by atoms with van der Waals surface area (Å²) < 4.78 is 0. The van der Waals surface area contributed by atoms with Crippen molar-refractivity contribution < 1.29 is 0 Å².